The van der Waals surface area contributed by atoms with Crippen molar-refractivity contribution >= 4 is 23.4 Å². The lowest BCUT2D eigenvalue weighted by Gasteiger charge is -2.07. The lowest BCUT2D eigenvalue weighted by Crippen LogP contribution is -2.33. The van der Waals surface area contributed by atoms with Gasteiger partial charge in [0.25, 0.3) is 0 Å². The molecule has 1 N–H and O–H groups in total. The van der Waals surface area contributed by atoms with Crippen molar-refractivity contribution in [2.45, 2.75) is 12.8 Å². The number of rotatable bonds is 4. The average Bonchev–Trinajstić information content (AvgIpc) is 2.44. The highest BCUT2D eigenvalue weighted by Gasteiger charge is 2.14. The minimum atomic E-state index is -0.581. The Balaban J connectivity index is 1.94. The van der Waals surface area contributed by atoms with Crippen molar-refractivity contribution in [2.75, 3.05) is 0 Å². The van der Waals surface area contributed by atoms with Crippen LogP contribution in [0.5, 0.6) is 0 Å². The second-order valence-corrected chi connectivity index (χ2v) is 4.92. The van der Waals surface area contributed by atoms with Gasteiger partial charge < -0.3 is 0 Å². The quantitative estimate of drug-likeness (QED) is 0.944. The Kier molecular flexibility index (Phi) is 5.06. The number of carbonyl (C=O) groups is 2. The predicted octanol–water partition coefficient (Wildman–Crippen LogP) is 2.91. The standard InChI is InChI=1S/C16H13ClFNO2/c17-13-7-4-8-14(18)12(13)10-16(21)19-15(20)9-11-5-2-1-3-6-11/h1-8H,9-10H2,(H,19,20,21). The molecular weight excluding hydrogens is 293 g/mol. The SMILES string of the molecule is O=C(Cc1ccccc1)NC(=O)Cc1c(F)cccc1Cl. The molecule has 21 heavy (non-hydrogen) atoms. The van der Waals surface area contributed by atoms with Crippen LogP contribution in [0.15, 0.2) is 48.5 Å². The molecule has 0 atom stereocenters. The van der Waals surface area contributed by atoms with Crippen molar-refractivity contribution < 1.29 is 14.0 Å². The number of imide groups is 1. The third kappa shape index (κ3) is 4.39. The van der Waals surface area contributed by atoms with Gasteiger partial charge in [-0.3, -0.25) is 14.9 Å². The first-order valence-corrected chi connectivity index (χ1v) is 6.73. The number of hydrogen-bond acceptors (Lipinski definition) is 2. The number of halogens is 2. The Morgan fingerprint density at radius 2 is 1.62 bits per heavy atom. The second-order valence-electron chi connectivity index (χ2n) is 4.51. The van der Waals surface area contributed by atoms with Gasteiger partial charge in [0.1, 0.15) is 5.82 Å². The largest absolute Gasteiger partial charge is 0.296 e. The molecule has 108 valence electrons. The zero-order valence-corrected chi connectivity index (χ0v) is 11.9. The summed E-state index contributed by atoms with van der Waals surface area (Å²) in [6.07, 6.45) is -0.177. The summed E-state index contributed by atoms with van der Waals surface area (Å²) >= 11 is 5.83. The topological polar surface area (TPSA) is 46.2 Å². The maximum atomic E-state index is 13.5. The number of amides is 2. The van der Waals surface area contributed by atoms with Gasteiger partial charge in [0, 0.05) is 10.6 Å². The van der Waals surface area contributed by atoms with Crippen molar-refractivity contribution in [3.05, 3.63) is 70.5 Å². The van der Waals surface area contributed by atoms with Crippen LogP contribution in [0.25, 0.3) is 0 Å². The van der Waals surface area contributed by atoms with Gasteiger partial charge in [-0.05, 0) is 17.7 Å². The first kappa shape index (κ1) is 15.2. The van der Waals surface area contributed by atoms with Crippen LogP contribution in [0.2, 0.25) is 5.02 Å². The van der Waals surface area contributed by atoms with E-state index >= 15 is 0 Å². The van der Waals surface area contributed by atoms with E-state index in [1.54, 1.807) is 12.1 Å². The summed E-state index contributed by atoms with van der Waals surface area (Å²) in [7, 11) is 0. The molecule has 0 aliphatic carbocycles. The summed E-state index contributed by atoms with van der Waals surface area (Å²) in [5, 5.41) is 2.40. The Morgan fingerprint density at radius 1 is 0.952 bits per heavy atom. The number of hydrogen-bond donors (Lipinski definition) is 1. The van der Waals surface area contributed by atoms with E-state index in [-0.39, 0.29) is 23.4 Å². The van der Waals surface area contributed by atoms with E-state index in [9.17, 15) is 14.0 Å². The van der Waals surface area contributed by atoms with Crippen molar-refractivity contribution in [1.82, 2.24) is 5.32 Å². The highest BCUT2D eigenvalue weighted by Crippen LogP contribution is 2.19. The van der Waals surface area contributed by atoms with Gasteiger partial charge in [0.05, 0.1) is 12.8 Å². The molecule has 0 heterocycles. The Labute approximate surface area is 126 Å². The smallest absolute Gasteiger partial charge is 0.231 e. The average molecular weight is 306 g/mol. The fourth-order valence-electron chi connectivity index (χ4n) is 1.89. The van der Waals surface area contributed by atoms with Crippen LogP contribution in [0.4, 0.5) is 4.39 Å². The Morgan fingerprint density at radius 3 is 2.29 bits per heavy atom. The van der Waals surface area contributed by atoms with E-state index in [0.29, 0.717) is 0 Å². The predicted molar refractivity (Wildman–Crippen MR) is 78.4 cm³/mol. The van der Waals surface area contributed by atoms with Crippen LogP contribution in [-0.2, 0) is 22.4 Å². The van der Waals surface area contributed by atoms with Gasteiger partial charge in [0.2, 0.25) is 11.8 Å². The summed E-state index contributed by atoms with van der Waals surface area (Å²) in [5.74, 6) is -1.57. The molecule has 0 aromatic heterocycles. The summed E-state index contributed by atoms with van der Waals surface area (Å²) in [4.78, 5) is 23.5. The van der Waals surface area contributed by atoms with Crippen LogP contribution in [-0.4, -0.2) is 11.8 Å². The van der Waals surface area contributed by atoms with Crippen molar-refractivity contribution in [2.24, 2.45) is 0 Å². The fourth-order valence-corrected chi connectivity index (χ4v) is 2.12. The molecule has 5 heteroatoms. The molecule has 0 aliphatic rings. The molecule has 0 unspecified atom stereocenters. The van der Waals surface area contributed by atoms with Crippen molar-refractivity contribution in [1.29, 1.82) is 0 Å². The molecule has 2 aromatic rings. The molecule has 0 saturated carbocycles. The van der Waals surface area contributed by atoms with Crippen molar-refractivity contribution in [3.8, 4) is 0 Å². The van der Waals surface area contributed by atoms with Crippen LogP contribution in [0.1, 0.15) is 11.1 Å². The van der Waals surface area contributed by atoms with Crippen LogP contribution in [0.3, 0.4) is 0 Å². The maximum Gasteiger partial charge on any atom is 0.231 e. The zero-order valence-electron chi connectivity index (χ0n) is 11.1. The summed E-state index contributed by atoms with van der Waals surface area (Å²) in [6.45, 7) is 0. The number of benzene rings is 2. The first-order valence-electron chi connectivity index (χ1n) is 6.36. The fraction of sp³-hybridized carbons (Fsp3) is 0.125. The Bertz CT molecular complexity index is 638. The highest BCUT2D eigenvalue weighted by atomic mass is 35.5. The highest BCUT2D eigenvalue weighted by molar-refractivity contribution is 6.31. The van der Waals surface area contributed by atoms with Crippen LogP contribution < -0.4 is 5.32 Å². The molecule has 2 rings (SSSR count). The van der Waals surface area contributed by atoms with E-state index in [1.165, 1.54) is 18.2 Å². The van der Waals surface area contributed by atoms with Gasteiger partial charge in [-0.2, -0.15) is 0 Å². The molecule has 0 aliphatic heterocycles. The van der Waals surface area contributed by atoms with Gasteiger partial charge in [-0.25, -0.2) is 4.39 Å². The molecule has 2 aromatic carbocycles. The summed E-state index contributed by atoms with van der Waals surface area (Å²) in [6, 6.07) is 13.2. The van der Waals surface area contributed by atoms with Crippen molar-refractivity contribution in [3.63, 3.8) is 0 Å². The second kappa shape index (κ2) is 6.99. The van der Waals surface area contributed by atoms with E-state index < -0.39 is 17.6 Å². The molecule has 0 spiro atoms. The summed E-state index contributed by atoms with van der Waals surface area (Å²) < 4.78 is 13.5. The molecule has 0 fully saturated rings. The molecule has 2 amide bonds. The maximum absolute atomic E-state index is 13.5. The number of carbonyl (C=O) groups excluding carboxylic acids is 2. The van der Waals surface area contributed by atoms with Gasteiger partial charge >= 0.3 is 0 Å². The Hall–Kier alpha value is -2.20. The molecular formula is C16H13ClFNO2. The zero-order chi connectivity index (χ0) is 15.2. The third-order valence-corrected chi connectivity index (χ3v) is 3.24. The monoisotopic (exact) mass is 305 g/mol. The van der Waals surface area contributed by atoms with Gasteiger partial charge in [-0.15, -0.1) is 0 Å². The normalized spacial score (nSPS) is 10.2. The van der Waals surface area contributed by atoms with E-state index in [4.69, 9.17) is 11.6 Å². The minimum absolute atomic E-state index is 0.0872. The van der Waals surface area contributed by atoms with Gasteiger partial charge in [0.15, 0.2) is 0 Å². The van der Waals surface area contributed by atoms with E-state index in [1.807, 2.05) is 18.2 Å². The third-order valence-electron chi connectivity index (χ3n) is 2.89. The first-order chi connectivity index (χ1) is 10.1. The minimum Gasteiger partial charge on any atom is -0.296 e. The van der Waals surface area contributed by atoms with Crippen LogP contribution >= 0.6 is 11.6 Å². The molecule has 0 saturated heterocycles. The van der Waals surface area contributed by atoms with E-state index in [0.717, 1.165) is 5.56 Å². The molecule has 3 nitrogen and oxygen atoms in total. The number of nitrogens with one attached hydrogen (secondary N) is 1. The summed E-state index contributed by atoms with van der Waals surface area (Å²) in [5.41, 5.74) is 0.885. The molecule has 0 bridgehead atoms. The lowest BCUT2D eigenvalue weighted by molar-refractivity contribution is -0.129. The van der Waals surface area contributed by atoms with Crippen LogP contribution in [0, 0.1) is 5.82 Å². The van der Waals surface area contributed by atoms with E-state index in [2.05, 4.69) is 5.32 Å². The lowest BCUT2D eigenvalue weighted by atomic mass is 10.1. The van der Waals surface area contributed by atoms with Gasteiger partial charge in [-0.1, -0.05) is 48.0 Å². The molecule has 0 radical (unpaired) electrons.